The van der Waals surface area contributed by atoms with Crippen molar-refractivity contribution in [1.29, 1.82) is 0 Å². The molecule has 2 fully saturated rings. The highest BCUT2D eigenvalue weighted by molar-refractivity contribution is 5.95. The molecule has 27 heavy (non-hydrogen) atoms. The molecule has 1 aromatic rings. The molecule has 3 rings (SSSR count). The zero-order valence-electron chi connectivity index (χ0n) is 15.6. The van der Waals surface area contributed by atoms with Gasteiger partial charge in [0.15, 0.2) is 5.76 Å². The van der Waals surface area contributed by atoms with Crippen LogP contribution in [0, 0.1) is 0 Å². The Balaban J connectivity index is 1.54. The van der Waals surface area contributed by atoms with Crippen molar-refractivity contribution in [2.24, 2.45) is 0 Å². The molecule has 0 radical (unpaired) electrons. The molecule has 0 spiro atoms. The molecule has 0 aromatic carbocycles. The summed E-state index contributed by atoms with van der Waals surface area (Å²) >= 11 is 0. The van der Waals surface area contributed by atoms with Gasteiger partial charge in [-0.3, -0.25) is 19.3 Å². The van der Waals surface area contributed by atoms with E-state index < -0.39 is 12.0 Å². The number of carbonyl (C=O) groups is 3. The molecule has 2 amide bonds. The number of aliphatic carboxylic acids is 1. The first kappa shape index (κ1) is 19.4. The van der Waals surface area contributed by atoms with Gasteiger partial charge in [-0.05, 0) is 50.8 Å². The van der Waals surface area contributed by atoms with E-state index in [0.29, 0.717) is 19.5 Å². The van der Waals surface area contributed by atoms with Crippen molar-refractivity contribution in [3.63, 3.8) is 0 Å². The fourth-order valence-electron chi connectivity index (χ4n) is 3.96. The summed E-state index contributed by atoms with van der Waals surface area (Å²) in [5.74, 6) is -0.950. The van der Waals surface area contributed by atoms with E-state index in [0.717, 1.165) is 25.7 Å². The lowest BCUT2D eigenvalue weighted by atomic mass is 9.85. The number of hydrogen-bond donors (Lipinski definition) is 2. The number of amides is 2. The van der Waals surface area contributed by atoms with E-state index in [1.165, 1.54) is 6.26 Å². The van der Waals surface area contributed by atoms with Gasteiger partial charge in [-0.1, -0.05) is 6.92 Å². The summed E-state index contributed by atoms with van der Waals surface area (Å²) in [6.07, 6.45) is 5.38. The minimum atomic E-state index is -0.835. The molecule has 1 atom stereocenters. The zero-order valence-corrected chi connectivity index (χ0v) is 15.6. The third kappa shape index (κ3) is 4.50. The summed E-state index contributed by atoms with van der Waals surface area (Å²) in [5, 5.41) is 12.0. The quantitative estimate of drug-likeness (QED) is 0.743. The van der Waals surface area contributed by atoms with Gasteiger partial charge in [0.1, 0.15) is 6.04 Å². The topological polar surface area (TPSA) is 103 Å². The Morgan fingerprint density at radius 3 is 2.74 bits per heavy atom. The highest BCUT2D eigenvalue weighted by Crippen LogP contribution is 2.27. The van der Waals surface area contributed by atoms with Crippen LogP contribution in [0.15, 0.2) is 22.8 Å². The van der Waals surface area contributed by atoms with Crippen LogP contribution >= 0.6 is 0 Å². The van der Waals surface area contributed by atoms with Crippen molar-refractivity contribution in [3.05, 3.63) is 24.2 Å². The smallest absolute Gasteiger partial charge is 0.317 e. The summed E-state index contributed by atoms with van der Waals surface area (Å²) in [4.78, 5) is 39.8. The molecule has 1 aliphatic carbocycles. The van der Waals surface area contributed by atoms with Gasteiger partial charge in [0.25, 0.3) is 5.91 Å². The Morgan fingerprint density at radius 2 is 2.11 bits per heavy atom. The first-order valence-corrected chi connectivity index (χ1v) is 9.60. The molecule has 2 N–H and O–H groups in total. The number of rotatable bonds is 7. The maximum atomic E-state index is 12.8. The van der Waals surface area contributed by atoms with E-state index in [2.05, 4.69) is 5.32 Å². The normalized spacial score (nSPS) is 25.1. The SMILES string of the molecule is CCN(CC(=O)O)C1CC(NC(=O)C2CCCCN2C(=O)c2ccco2)C1. The number of furan rings is 1. The van der Waals surface area contributed by atoms with Crippen molar-refractivity contribution in [2.45, 2.75) is 57.2 Å². The summed E-state index contributed by atoms with van der Waals surface area (Å²) in [7, 11) is 0. The first-order valence-electron chi connectivity index (χ1n) is 9.60. The number of likely N-dealkylation sites (N-methyl/N-ethyl adjacent to an activating group) is 1. The van der Waals surface area contributed by atoms with E-state index in [4.69, 9.17) is 9.52 Å². The minimum absolute atomic E-state index is 0.0237. The van der Waals surface area contributed by atoms with E-state index >= 15 is 0 Å². The fourth-order valence-corrected chi connectivity index (χ4v) is 3.96. The molecule has 148 valence electrons. The predicted molar refractivity (Wildman–Crippen MR) is 97.2 cm³/mol. The van der Waals surface area contributed by atoms with Gasteiger partial charge in [0, 0.05) is 18.6 Å². The molecule has 1 aromatic heterocycles. The second-order valence-electron chi connectivity index (χ2n) is 7.28. The van der Waals surface area contributed by atoms with Crippen LogP contribution in [-0.2, 0) is 9.59 Å². The third-order valence-corrected chi connectivity index (χ3v) is 5.52. The van der Waals surface area contributed by atoms with E-state index in [9.17, 15) is 14.4 Å². The first-order chi connectivity index (χ1) is 13.0. The van der Waals surface area contributed by atoms with Gasteiger partial charge in [-0.25, -0.2) is 0 Å². The standard InChI is InChI=1S/C19H27N3O5/c1-2-21(12-17(23)24)14-10-13(11-14)20-18(25)15-6-3-4-8-22(15)19(26)16-7-5-9-27-16/h5,7,9,13-15H,2-4,6,8,10-12H2,1H3,(H,20,25)(H,23,24). The van der Waals surface area contributed by atoms with Crippen LogP contribution < -0.4 is 5.32 Å². The number of carboxylic acids is 1. The second-order valence-corrected chi connectivity index (χ2v) is 7.28. The van der Waals surface area contributed by atoms with Gasteiger partial charge in [0.2, 0.25) is 5.91 Å². The maximum Gasteiger partial charge on any atom is 0.317 e. The Labute approximate surface area is 158 Å². The monoisotopic (exact) mass is 377 g/mol. The van der Waals surface area contributed by atoms with Crippen molar-refractivity contribution in [2.75, 3.05) is 19.6 Å². The minimum Gasteiger partial charge on any atom is -0.480 e. The van der Waals surface area contributed by atoms with Gasteiger partial charge in [-0.2, -0.15) is 0 Å². The molecule has 8 heteroatoms. The number of nitrogens with one attached hydrogen (secondary N) is 1. The molecule has 2 aliphatic rings. The van der Waals surface area contributed by atoms with Crippen LogP contribution in [0.25, 0.3) is 0 Å². The fraction of sp³-hybridized carbons (Fsp3) is 0.632. The van der Waals surface area contributed by atoms with Gasteiger partial charge in [-0.15, -0.1) is 0 Å². The average Bonchev–Trinajstić information content (AvgIpc) is 3.16. The lowest BCUT2D eigenvalue weighted by Gasteiger charge is -2.43. The van der Waals surface area contributed by atoms with Crippen molar-refractivity contribution >= 4 is 17.8 Å². The summed E-state index contributed by atoms with van der Waals surface area (Å²) in [6, 6.07) is 3.02. The highest BCUT2D eigenvalue weighted by atomic mass is 16.4. The molecular weight excluding hydrogens is 350 g/mol. The van der Waals surface area contributed by atoms with Crippen LogP contribution in [0.3, 0.4) is 0 Å². The third-order valence-electron chi connectivity index (χ3n) is 5.52. The Bertz CT molecular complexity index is 669. The van der Waals surface area contributed by atoms with Gasteiger partial charge in [0.05, 0.1) is 12.8 Å². The largest absolute Gasteiger partial charge is 0.480 e. The van der Waals surface area contributed by atoms with Crippen LogP contribution in [0.1, 0.15) is 49.6 Å². The van der Waals surface area contributed by atoms with Gasteiger partial charge < -0.3 is 19.7 Å². The van der Waals surface area contributed by atoms with Crippen LogP contribution in [0.4, 0.5) is 0 Å². The van der Waals surface area contributed by atoms with Gasteiger partial charge >= 0.3 is 5.97 Å². The zero-order chi connectivity index (χ0) is 19.4. The van der Waals surface area contributed by atoms with Crippen molar-refractivity contribution in [3.8, 4) is 0 Å². The summed E-state index contributed by atoms with van der Waals surface area (Å²) in [5.41, 5.74) is 0. The van der Waals surface area contributed by atoms with Crippen molar-refractivity contribution < 1.29 is 23.9 Å². The van der Waals surface area contributed by atoms with Crippen LogP contribution in [0.2, 0.25) is 0 Å². The molecule has 1 saturated heterocycles. The molecule has 1 saturated carbocycles. The highest BCUT2D eigenvalue weighted by Gasteiger charge is 2.38. The molecule has 1 aliphatic heterocycles. The number of carboxylic acid groups (broad SMARTS) is 1. The molecule has 2 heterocycles. The Hall–Kier alpha value is -2.35. The number of carbonyl (C=O) groups excluding carboxylic acids is 2. The van der Waals surface area contributed by atoms with Crippen LogP contribution in [0.5, 0.6) is 0 Å². The van der Waals surface area contributed by atoms with E-state index in [1.807, 2.05) is 11.8 Å². The van der Waals surface area contributed by atoms with E-state index in [-0.39, 0.29) is 36.2 Å². The molecule has 8 nitrogen and oxygen atoms in total. The Morgan fingerprint density at radius 1 is 1.33 bits per heavy atom. The second kappa shape index (κ2) is 8.56. The predicted octanol–water partition coefficient (Wildman–Crippen LogP) is 1.33. The summed E-state index contributed by atoms with van der Waals surface area (Å²) in [6.45, 7) is 3.18. The van der Waals surface area contributed by atoms with E-state index in [1.54, 1.807) is 17.0 Å². The summed E-state index contributed by atoms with van der Waals surface area (Å²) < 4.78 is 5.20. The molecule has 0 bridgehead atoms. The van der Waals surface area contributed by atoms with Crippen molar-refractivity contribution in [1.82, 2.24) is 15.1 Å². The molecular formula is C19H27N3O5. The average molecular weight is 377 g/mol. The lowest BCUT2D eigenvalue weighted by molar-refractivity contribution is -0.140. The number of likely N-dealkylation sites (tertiary alicyclic amines) is 1. The van der Waals surface area contributed by atoms with Crippen LogP contribution in [-0.4, -0.2) is 70.4 Å². The number of piperidine rings is 1. The number of nitrogens with zero attached hydrogens (tertiary/aromatic N) is 2. The lowest BCUT2D eigenvalue weighted by Crippen LogP contribution is -2.59. The number of hydrogen-bond acceptors (Lipinski definition) is 5. The molecule has 1 unspecified atom stereocenters. The maximum absolute atomic E-state index is 12.8. The Kier molecular flexibility index (Phi) is 6.15.